The second-order valence-electron chi connectivity index (χ2n) is 8.02. The largest absolute Gasteiger partial charge is 1.00 e. The van der Waals surface area contributed by atoms with Crippen LogP contribution in [0.4, 0.5) is 0 Å². The van der Waals surface area contributed by atoms with E-state index in [2.05, 4.69) is 120 Å². The molecule has 0 saturated carbocycles. The highest BCUT2D eigenvalue weighted by Crippen LogP contribution is 2.55. The van der Waals surface area contributed by atoms with Gasteiger partial charge in [-0.2, -0.15) is 0 Å². The Morgan fingerprint density at radius 2 is 0.875 bits per heavy atom. The molecular formula is C28H28Br2NP. The Hall–Kier alpha value is -1.77. The minimum absolute atomic E-state index is 0. The van der Waals surface area contributed by atoms with E-state index in [0.29, 0.717) is 0 Å². The molecule has 164 valence electrons. The van der Waals surface area contributed by atoms with Crippen molar-refractivity contribution in [3.8, 4) is 0 Å². The van der Waals surface area contributed by atoms with E-state index < -0.39 is 7.26 Å². The lowest BCUT2D eigenvalue weighted by Crippen LogP contribution is -3.00. The number of benzene rings is 4. The van der Waals surface area contributed by atoms with Crippen LogP contribution in [-0.4, -0.2) is 17.6 Å². The van der Waals surface area contributed by atoms with Crippen molar-refractivity contribution in [2.45, 2.75) is 13.1 Å². The Bertz CT molecular complexity index is 982. The van der Waals surface area contributed by atoms with Crippen LogP contribution in [0.25, 0.3) is 0 Å². The molecule has 5 rings (SSSR count). The molecule has 4 heteroatoms. The van der Waals surface area contributed by atoms with Gasteiger partial charge in [0.2, 0.25) is 0 Å². The SMILES string of the molecule is Br.[Br-].c1ccc([P+](CCN2Cc3ccccc3C2)(c2ccccc2)c2ccccc2)cc1. The fourth-order valence-electron chi connectivity index (χ4n) is 4.74. The maximum absolute atomic E-state index is 2.62. The van der Waals surface area contributed by atoms with Gasteiger partial charge in [0.15, 0.2) is 0 Å². The average molecular weight is 569 g/mol. The first-order chi connectivity index (χ1) is 14.9. The number of rotatable bonds is 6. The lowest BCUT2D eigenvalue weighted by atomic mass is 10.1. The van der Waals surface area contributed by atoms with Crippen molar-refractivity contribution < 1.29 is 17.0 Å². The lowest BCUT2D eigenvalue weighted by Gasteiger charge is -2.29. The maximum atomic E-state index is 2.62. The molecule has 1 nitrogen and oxygen atoms in total. The second kappa shape index (κ2) is 11.4. The zero-order valence-corrected chi connectivity index (χ0v) is 22.2. The van der Waals surface area contributed by atoms with E-state index in [0.717, 1.165) is 25.8 Å². The number of hydrogen-bond donors (Lipinski definition) is 0. The summed E-state index contributed by atoms with van der Waals surface area (Å²) in [6, 6.07) is 42.5. The summed E-state index contributed by atoms with van der Waals surface area (Å²) in [5, 5.41) is 4.41. The van der Waals surface area contributed by atoms with Gasteiger partial charge in [0.05, 0.1) is 6.16 Å². The van der Waals surface area contributed by atoms with Crippen LogP contribution in [0.15, 0.2) is 115 Å². The van der Waals surface area contributed by atoms with Crippen molar-refractivity contribution in [1.29, 1.82) is 0 Å². The molecule has 0 atom stereocenters. The minimum atomic E-state index is -1.74. The first-order valence-electron chi connectivity index (χ1n) is 10.7. The van der Waals surface area contributed by atoms with Gasteiger partial charge >= 0.3 is 0 Å². The van der Waals surface area contributed by atoms with E-state index >= 15 is 0 Å². The second-order valence-corrected chi connectivity index (χ2v) is 11.6. The first-order valence-corrected chi connectivity index (χ1v) is 12.7. The third-order valence-electron chi connectivity index (χ3n) is 6.25. The summed E-state index contributed by atoms with van der Waals surface area (Å²) in [6.45, 7) is 3.23. The molecular weight excluding hydrogens is 541 g/mol. The zero-order valence-electron chi connectivity index (χ0n) is 18.0. The molecule has 0 aliphatic carbocycles. The van der Waals surface area contributed by atoms with Gasteiger partial charge in [-0.3, -0.25) is 4.90 Å². The molecule has 0 bridgehead atoms. The van der Waals surface area contributed by atoms with Gasteiger partial charge < -0.3 is 17.0 Å². The van der Waals surface area contributed by atoms with Crippen molar-refractivity contribution in [1.82, 2.24) is 4.90 Å². The van der Waals surface area contributed by atoms with Gasteiger partial charge in [-0.1, -0.05) is 78.9 Å². The van der Waals surface area contributed by atoms with Gasteiger partial charge in [-0.25, -0.2) is 0 Å². The third-order valence-corrected chi connectivity index (χ3v) is 10.7. The molecule has 4 aromatic rings. The lowest BCUT2D eigenvalue weighted by molar-refractivity contribution is -0.00000594. The summed E-state index contributed by atoms with van der Waals surface area (Å²) in [7, 11) is -1.74. The monoisotopic (exact) mass is 567 g/mol. The smallest absolute Gasteiger partial charge is 0.113 e. The van der Waals surface area contributed by atoms with Crippen LogP contribution in [-0.2, 0) is 13.1 Å². The van der Waals surface area contributed by atoms with Gasteiger partial charge in [-0.05, 0) is 47.5 Å². The van der Waals surface area contributed by atoms with Crippen LogP contribution in [0.3, 0.4) is 0 Å². The van der Waals surface area contributed by atoms with E-state index in [1.807, 2.05) is 0 Å². The third kappa shape index (κ3) is 4.92. The van der Waals surface area contributed by atoms with Crippen molar-refractivity contribution in [2.75, 3.05) is 12.7 Å². The van der Waals surface area contributed by atoms with E-state index in [1.54, 1.807) is 0 Å². The Morgan fingerprint density at radius 3 is 1.25 bits per heavy atom. The quantitative estimate of drug-likeness (QED) is 0.323. The summed E-state index contributed by atoms with van der Waals surface area (Å²) < 4.78 is 0. The fourth-order valence-corrected chi connectivity index (χ4v) is 9.03. The molecule has 1 aliphatic rings. The number of hydrogen-bond acceptors (Lipinski definition) is 1. The molecule has 0 unspecified atom stereocenters. The van der Waals surface area contributed by atoms with Gasteiger partial charge in [0.1, 0.15) is 23.2 Å². The summed E-state index contributed by atoms with van der Waals surface area (Å²) in [6.07, 6.45) is 1.15. The standard InChI is InChI=1S/C28H27NP.2BrH/c1-4-14-26(15-5-1)30(27-16-6-2-7-17-27,28-18-8-3-9-19-28)21-20-29-22-24-12-10-11-13-25(24)23-29;;/h1-19H,20-23H2;2*1H/q+1;;/p-1. The van der Waals surface area contributed by atoms with E-state index in [1.165, 1.54) is 27.0 Å². The van der Waals surface area contributed by atoms with Crippen molar-refractivity contribution in [3.05, 3.63) is 126 Å². The van der Waals surface area contributed by atoms with Crippen molar-refractivity contribution in [2.24, 2.45) is 0 Å². The zero-order chi connectivity index (χ0) is 20.2. The van der Waals surface area contributed by atoms with Crippen LogP contribution < -0.4 is 32.9 Å². The Balaban J connectivity index is 0.00000144. The summed E-state index contributed by atoms with van der Waals surface area (Å²) in [5.74, 6) is 0. The minimum Gasteiger partial charge on any atom is -1.00 e. The predicted molar refractivity (Wildman–Crippen MR) is 141 cm³/mol. The van der Waals surface area contributed by atoms with Crippen LogP contribution in [0.1, 0.15) is 11.1 Å². The van der Waals surface area contributed by atoms with Crippen LogP contribution >= 0.6 is 24.2 Å². The topological polar surface area (TPSA) is 3.24 Å². The van der Waals surface area contributed by atoms with Gasteiger partial charge in [0, 0.05) is 19.6 Å². The van der Waals surface area contributed by atoms with E-state index in [-0.39, 0.29) is 34.0 Å². The van der Waals surface area contributed by atoms with Crippen molar-refractivity contribution >= 4 is 40.2 Å². The number of nitrogens with zero attached hydrogens (tertiary/aromatic N) is 1. The molecule has 1 heterocycles. The molecule has 32 heavy (non-hydrogen) atoms. The average Bonchev–Trinajstić information content (AvgIpc) is 3.25. The Morgan fingerprint density at radius 1 is 0.531 bits per heavy atom. The highest BCUT2D eigenvalue weighted by molar-refractivity contribution is 8.93. The Labute approximate surface area is 213 Å². The molecule has 0 spiro atoms. The summed E-state index contributed by atoms with van der Waals surface area (Å²) in [5.41, 5.74) is 2.97. The van der Waals surface area contributed by atoms with E-state index in [9.17, 15) is 0 Å². The molecule has 0 N–H and O–H groups in total. The molecule has 0 radical (unpaired) electrons. The highest BCUT2D eigenvalue weighted by atomic mass is 79.9. The van der Waals surface area contributed by atoms with Crippen molar-refractivity contribution in [3.63, 3.8) is 0 Å². The molecule has 4 aromatic carbocycles. The van der Waals surface area contributed by atoms with Crippen LogP contribution in [0.5, 0.6) is 0 Å². The number of halogens is 2. The highest BCUT2D eigenvalue weighted by Gasteiger charge is 2.45. The Kier molecular flexibility index (Phi) is 8.85. The normalized spacial score (nSPS) is 13.0. The molecule has 0 amide bonds. The summed E-state index contributed by atoms with van der Waals surface area (Å²) in [4.78, 5) is 2.62. The van der Waals surface area contributed by atoms with Gasteiger partial charge in [-0.15, -0.1) is 17.0 Å². The number of fused-ring (bicyclic) bond motifs is 1. The predicted octanol–water partition coefficient (Wildman–Crippen LogP) is 2.58. The maximum Gasteiger partial charge on any atom is 0.113 e. The summed E-state index contributed by atoms with van der Waals surface area (Å²) >= 11 is 0. The molecule has 1 aliphatic heterocycles. The molecule has 0 aromatic heterocycles. The van der Waals surface area contributed by atoms with Crippen LogP contribution in [0.2, 0.25) is 0 Å². The van der Waals surface area contributed by atoms with Gasteiger partial charge in [0.25, 0.3) is 0 Å². The molecule has 0 fully saturated rings. The van der Waals surface area contributed by atoms with E-state index in [4.69, 9.17) is 0 Å². The molecule has 0 saturated heterocycles. The fraction of sp³-hybridized carbons (Fsp3) is 0.143. The van der Waals surface area contributed by atoms with Crippen LogP contribution in [0, 0.1) is 0 Å². The first kappa shape index (κ1) is 24.9.